The van der Waals surface area contributed by atoms with E-state index in [0.717, 1.165) is 6.42 Å². The fourth-order valence-corrected chi connectivity index (χ4v) is 28.7. The van der Waals surface area contributed by atoms with Crippen molar-refractivity contribution >= 4 is 43.4 Å². The molecule has 4 aliphatic rings. The van der Waals surface area contributed by atoms with E-state index in [-0.39, 0.29) is 35.6 Å². The zero-order chi connectivity index (χ0) is 30.2. The van der Waals surface area contributed by atoms with Crippen LogP contribution in [0.5, 0.6) is 0 Å². The number of fused-ring (bicyclic) bond motifs is 5. The van der Waals surface area contributed by atoms with Crippen LogP contribution in [0.3, 0.4) is 0 Å². The van der Waals surface area contributed by atoms with E-state index in [1.54, 1.807) is 6.56 Å². The molecule has 44 heavy (non-hydrogen) atoms. The number of hydrogen-bond donors (Lipinski definition) is 0. The first-order valence-electron chi connectivity index (χ1n) is 15.8. The van der Waals surface area contributed by atoms with Gasteiger partial charge in [0.25, 0.3) is 0 Å². The van der Waals surface area contributed by atoms with Gasteiger partial charge in [0.1, 0.15) is 0 Å². The molecule has 0 nitrogen and oxygen atoms in total. The monoisotopic (exact) mass is 700 g/mol. The second-order valence-electron chi connectivity index (χ2n) is 15.5. The van der Waals surface area contributed by atoms with Gasteiger partial charge in [0.2, 0.25) is 0 Å². The molecule has 3 aromatic carbocycles. The quantitative estimate of drug-likeness (QED) is 0.199. The van der Waals surface area contributed by atoms with E-state index in [0.29, 0.717) is 5.92 Å². The SMILES string of the molecule is Cl.Cl.[CH2]=[Zr]([CH3])([C]1=C(C)C(C)=CC1C)([C]1=C(C)c2cc3c(cc2C1(C)C)Cc1cc2c(cc1-3)C(C)=CC2(C)C)[c]1ccccc1. The number of rotatable bonds is 3. The van der Waals surface area contributed by atoms with Crippen LogP contribution in [-0.4, -0.2) is 4.21 Å². The minimum atomic E-state index is -4.29. The van der Waals surface area contributed by atoms with E-state index >= 15 is 0 Å². The molecule has 1 unspecified atom stereocenters. The summed E-state index contributed by atoms with van der Waals surface area (Å²) in [4.78, 5) is 0. The summed E-state index contributed by atoms with van der Waals surface area (Å²) in [7, 11) is 0. The molecule has 0 bridgehead atoms. The van der Waals surface area contributed by atoms with Crippen LogP contribution in [0.25, 0.3) is 22.3 Å². The first-order chi connectivity index (χ1) is 19.6. The summed E-state index contributed by atoms with van der Waals surface area (Å²) in [5.41, 5.74) is 17.6. The second kappa shape index (κ2) is 10.2. The molecule has 3 aromatic rings. The summed E-state index contributed by atoms with van der Waals surface area (Å²) in [5, 5.41) is 0. The van der Waals surface area contributed by atoms with Crippen LogP contribution in [0.1, 0.15) is 95.7 Å². The molecule has 0 spiro atoms. The van der Waals surface area contributed by atoms with E-state index in [1.165, 1.54) is 70.1 Å². The zero-order valence-electron chi connectivity index (χ0n) is 28.2. The third kappa shape index (κ3) is 4.14. The van der Waals surface area contributed by atoms with Crippen molar-refractivity contribution in [1.82, 2.24) is 0 Å². The molecule has 0 radical (unpaired) electrons. The molecule has 0 N–H and O–H groups in total. The fourth-order valence-electron chi connectivity index (χ4n) is 10.3. The van der Waals surface area contributed by atoms with Crippen LogP contribution >= 0.6 is 24.8 Å². The third-order valence-corrected chi connectivity index (χ3v) is 27.9. The molecule has 230 valence electrons. The molecule has 0 aliphatic heterocycles. The Morgan fingerprint density at radius 3 is 1.86 bits per heavy atom. The van der Waals surface area contributed by atoms with E-state index in [4.69, 9.17) is 4.21 Å². The van der Waals surface area contributed by atoms with E-state index in [1.807, 2.05) is 0 Å². The van der Waals surface area contributed by atoms with Crippen molar-refractivity contribution in [2.45, 2.75) is 84.2 Å². The summed E-state index contributed by atoms with van der Waals surface area (Å²) >= 11 is -4.29. The molecule has 0 saturated heterocycles. The summed E-state index contributed by atoms with van der Waals surface area (Å²) in [5.74, 6) is 0.415. The Morgan fingerprint density at radius 2 is 1.30 bits per heavy atom. The Hall–Kier alpha value is -2.05. The van der Waals surface area contributed by atoms with Gasteiger partial charge in [-0.15, -0.1) is 24.8 Å². The predicted octanol–water partition coefficient (Wildman–Crippen LogP) is 11.2. The molecular formula is C41H48Cl2Zr. The van der Waals surface area contributed by atoms with E-state index < -0.39 is 18.3 Å². The van der Waals surface area contributed by atoms with Crippen molar-refractivity contribution in [3.8, 4) is 11.1 Å². The molecule has 0 fully saturated rings. The summed E-state index contributed by atoms with van der Waals surface area (Å²) < 4.78 is 12.9. The van der Waals surface area contributed by atoms with Gasteiger partial charge in [-0.05, 0) is 0 Å². The van der Waals surface area contributed by atoms with Gasteiger partial charge in [-0.25, -0.2) is 0 Å². The van der Waals surface area contributed by atoms with Gasteiger partial charge < -0.3 is 0 Å². The standard InChI is InChI=1S/C25H25.C8H11.C6H5.CH3.CH2.2ClH.Zr/c1-14-12-24(3,4)22-8-16-7-17-9-23-19(15(2)13-25(23,5)6)11-21(17)20(16)10-18(14)22;1-6-4-7(2)8(3)5-6;1-2-4-6-5-3-1;;;;;/h8-12H,7H2,1-6H3;4,6H,1-3H3;1-5H;1H3;1H2;2*1H;. The van der Waals surface area contributed by atoms with Crippen molar-refractivity contribution in [3.63, 3.8) is 0 Å². The van der Waals surface area contributed by atoms with E-state index in [9.17, 15) is 0 Å². The van der Waals surface area contributed by atoms with Gasteiger partial charge in [0.15, 0.2) is 0 Å². The third-order valence-electron chi connectivity index (χ3n) is 11.8. The number of hydrogen-bond acceptors (Lipinski definition) is 0. The maximum absolute atomic E-state index is 5.53. The Bertz CT molecular complexity index is 1960. The topological polar surface area (TPSA) is 0 Å². The summed E-state index contributed by atoms with van der Waals surface area (Å²) in [6.45, 7) is 21.5. The molecule has 3 heteroatoms. The first kappa shape index (κ1) is 33.3. The number of benzene rings is 3. The van der Waals surface area contributed by atoms with Gasteiger partial charge in [0.05, 0.1) is 0 Å². The van der Waals surface area contributed by atoms with Crippen LogP contribution in [0.15, 0.2) is 84.5 Å². The molecule has 4 aliphatic carbocycles. The van der Waals surface area contributed by atoms with Crippen LogP contribution in [-0.2, 0) is 35.5 Å². The molecule has 7 rings (SSSR count). The maximum atomic E-state index is 5.53. The van der Waals surface area contributed by atoms with Crippen molar-refractivity contribution in [3.05, 3.63) is 118 Å². The van der Waals surface area contributed by atoms with E-state index in [2.05, 4.69) is 134 Å². The Morgan fingerprint density at radius 1 is 0.727 bits per heavy atom. The van der Waals surface area contributed by atoms with Crippen LogP contribution in [0, 0.1) is 5.92 Å². The number of halogens is 2. The Kier molecular flexibility index (Phi) is 7.74. The number of allylic oxidation sites excluding steroid dienone is 8. The average molecular weight is 703 g/mol. The summed E-state index contributed by atoms with van der Waals surface area (Å²) in [6.07, 6.45) is 5.96. The van der Waals surface area contributed by atoms with Gasteiger partial charge in [-0.2, -0.15) is 0 Å². The molecule has 0 saturated carbocycles. The molecule has 0 amide bonds. The van der Waals surface area contributed by atoms with Crippen LogP contribution in [0.4, 0.5) is 0 Å². The van der Waals surface area contributed by atoms with Crippen LogP contribution < -0.4 is 3.27 Å². The minimum absolute atomic E-state index is 0. The molecule has 0 heterocycles. The Labute approximate surface area is 278 Å². The van der Waals surface area contributed by atoms with Crippen molar-refractivity contribution in [2.75, 3.05) is 0 Å². The zero-order valence-corrected chi connectivity index (χ0v) is 32.2. The van der Waals surface area contributed by atoms with Crippen molar-refractivity contribution in [2.24, 2.45) is 5.92 Å². The summed E-state index contributed by atoms with van der Waals surface area (Å²) in [6, 6.07) is 21.6. The van der Waals surface area contributed by atoms with Gasteiger partial charge >= 0.3 is 256 Å². The molecule has 1 atom stereocenters. The van der Waals surface area contributed by atoms with Gasteiger partial charge in [-0.1, -0.05) is 0 Å². The Balaban J connectivity index is 0.00000192. The average Bonchev–Trinajstić information content (AvgIpc) is 3.54. The molecular weight excluding hydrogens is 655 g/mol. The van der Waals surface area contributed by atoms with Crippen LogP contribution in [0.2, 0.25) is 4.63 Å². The normalized spacial score (nSPS) is 20.8. The van der Waals surface area contributed by atoms with Gasteiger partial charge in [0, 0.05) is 0 Å². The van der Waals surface area contributed by atoms with Gasteiger partial charge in [-0.3, -0.25) is 0 Å². The second-order valence-corrected chi connectivity index (χ2v) is 29.4. The van der Waals surface area contributed by atoms with Crippen molar-refractivity contribution < 1.29 is 18.3 Å². The first-order valence-corrected chi connectivity index (χ1v) is 23.7. The molecule has 0 aromatic heterocycles. The fraction of sp³-hybridized carbons (Fsp3) is 0.341. The predicted molar refractivity (Wildman–Crippen MR) is 196 cm³/mol. The van der Waals surface area contributed by atoms with Crippen molar-refractivity contribution in [1.29, 1.82) is 0 Å².